The summed E-state index contributed by atoms with van der Waals surface area (Å²) in [5.41, 5.74) is 0.0229. The second-order valence-electron chi connectivity index (χ2n) is 5.13. The van der Waals surface area contributed by atoms with E-state index in [-0.39, 0.29) is 11.6 Å². The minimum atomic E-state index is -0.510. The largest absolute Gasteiger partial charge is 0.333 e. The lowest BCUT2D eigenvalue weighted by atomic mass is 10.1. The van der Waals surface area contributed by atoms with Gasteiger partial charge in [-0.05, 0) is 32.9 Å². The quantitative estimate of drug-likeness (QED) is 0.286. The Hall–Kier alpha value is -2.64. The molecule has 108 valence electrons. The maximum absolute atomic E-state index is 11.5. The fraction of sp³-hybridized carbons (Fsp3) is 0.333. The van der Waals surface area contributed by atoms with Crippen LogP contribution >= 0.6 is 0 Å². The molecule has 0 aliphatic heterocycles. The Labute approximate surface area is 116 Å². The monoisotopic (exact) mass is 279 g/mol. The van der Waals surface area contributed by atoms with Gasteiger partial charge in [0.1, 0.15) is 0 Å². The molecule has 0 heterocycles. The van der Waals surface area contributed by atoms with Crippen molar-refractivity contribution in [2.75, 3.05) is 5.32 Å². The third kappa shape index (κ3) is 5.34. The van der Waals surface area contributed by atoms with E-state index in [1.807, 2.05) is 20.8 Å². The van der Waals surface area contributed by atoms with Crippen molar-refractivity contribution in [3.8, 4) is 0 Å². The van der Waals surface area contributed by atoms with Crippen molar-refractivity contribution in [2.45, 2.75) is 26.3 Å². The minimum Gasteiger partial charge on any atom is -0.333 e. The number of non-ortho nitro benzene ring substituents is 1. The van der Waals surface area contributed by atoms with Gasteiger partial charge in [0.2, 0.25) is 5.96 Å². The lowest BCUT2D eigenvalue weighted by molar-refractivity contribution is -0.384. The summed E-state index contributed by atoms with van der Waals surface area (Å²) in [4.78, 5) is 21.5. The van der Waals surface area contributed by atoms with Crippen LogP contribution in [0.3, 0.4) is 0 Å². The summed E-state index contributed by atoms with van der Waals surface area (Å²) in [7, 11) is 0. The normalized spacial score (nSPS) is 10.6. The Morgan fingerprint density at radius 2 is 1.80 bits per heavy atom. The van der Waals surface area contributed by atoms with Crippen LogP contribution in [0.1, 0.15) is 20.8 Å². The maximum atomic E-state index is 11.5. The Kier molecular flexibility index (Phi) is 4.63. The molecule has 0 spiro atoms. The number of benzene rings is 1. The average Bonchev–Trinajstić information content (AvgIpc) is 2.26. The van der Waals surface area contributed by atoms with Gasteiger partial charge in [0, 0.05) is 23.4 Å². The van der Waals surface area contributed by atoms with Crippen LogP contribution in [-0.4, -0.2) is 22.5 Å². The van der Waals surface area contributed by atoms with Crippen molar-refractivity contribution in [1.82, 2.24) is 10.6 Å². The molecule has 0 aromatic heterocycles. The highest BCUT2D eigenvalue weighted by molar-refractivity contribution is 6.02. The fourth-order valence-electron chi connectivity index (χ4n) is 1.33. The highest BCUT2D eigenvalue weighted by Crippen LogP contribution is 2.14. The summed E-state index contributed by atoms with van der Waals surface area (Å²) in [6.07, 6.45) is 0. The summed E-state index contributed by atoms with van der Waals surface area (Å²) < 4.78 is 0. The lowest BCUT2D eigenvalue weighted by Gasteiger charge is -2.21. The lowest BCUT2D eigenvalue weighted by Crippen LogP contribution is -2.49. The molecule has 0 saturated heterocycles. The number of nitrogens with zero attached hydrogens (tertiary/aromatic N) is 1. The number of carbonyl (C=O) groups excluding carboxylic acids is 1. The van der Waals surface area contributed by atoms with Crippen molar-refractivity contribution in [2.24, 2.45) is 0 Å². The fourth-order valence-corrected chi connectivity index (χ4v) is 1.33. The van der Waals surface area contributed by atoms with Crippen LogP contribution < -0.4 is 16.0 Å². The summed E-state index contributed by atoms with van der Waals surface area (Å²) in [6, 6.07) is 5.03. The van der Waals surface area contributed by atoms with E-state index < -0.39 is 16.5 Å². The number of guanidine groups is 1. The molecule has 0 saturated carbocycles. The summed E-state index contributed by atoms with van der Waals surface area (Å²) >= 11 is 0. The van der Waals surface area contributed by atoms with E-state index in [9.17, 15) is 14.9 Å². The minimum absolute atomic E-state index is 0.0412. The molecule has 0 radical (unpaired) electrons. The first kappa shape index (κ1) is 15.4. The van der Waals surface area contributed by atoms with Crippen LogP contribution in [0.2, 0.25) is 0 Å². The number of urea groups is 1. The molecular formula is C12H17N5O3. The number of hydrogen-bond acceptors (Lipinski definition) is 4. The number of carbonyl (C=O) groups is 1. The standard InChI is InChI=1S/C12H17N5O3/c1-12(2,3)16-11(18)15-10(13)14-8-4-6-9(7-5-8)17(19)20/h4-7H,1-3H3,(H4,13,14,15,16,18). The topological polar surface area (TPSA) is 120 Å². The molecule has 20 heavy (non-hydrogen) atoms. The number of amides is 2. The zero-order chi connectivity index (χ0) is 15.3. The summed E-state index contributed by atoms with van der Waals surface area (Å²) in [5.74, 6) is -0.222. The van der Waals surface area contributed by atoms with E-state index in [4.69, 9.17) is 5.41 Å². The second kappa shape index (κ2) is 6.00. The molecule has 0 aliphatic rings. The van der Waals surface area contributed by atoms with Gasteiger partial charge in [0.05, 0.1) is 4.92 Å². The number of rotatable bonds is 2. The molecule has 0 atom stereocenters. The average molecular weight is 279 g/mol. The van der Waals surface area contributed by atoms with E-state index >= 15 is 0 Å². The highest BCUT2D eigenvalue weighted by atomic mass is 16.6. The molecule has 8 heteroatoms. The zero-order valence-electron chi connectivity index (χ0n) is 11.5. The molecule has 1 rings (SSSR count). The molecule has 8 nitrogen and oxygen atoms in total. The van der Waals surface area contributed by atoms with Crippen molar-refractivity contribution in [3.05, 3.63) is 34.4 Å². The van der Waals surface area contributed by atoms with Gasteiger partial charge < -0.3 is 10.6 Å². The SMILES string of the molecule is CC(C)(C)NC(=O)NC(=N)Nc1ccc([N+](=O)[O-])cc1. The Morgan fingerprint density at radius 1 is 1.25 bits per heavy atom. The van der Waals surface area contributed by atoms with Crippen LogP contribution in [0.25, 0.3) is 0 Å². The number of hydrogen-bond donors (Lipinski definition) is 4. The molecule has 0 fully saturated rings. The Balaban J connectivity index is 2.54. The smallest absolute Gasteiger partial charge is 0.321 e. The number of nitrogens with one attached hydrogen (secondary N) is 4. The van der Waals surface area contributed by atoms with Gasteiger partial charge in [-0.3, -0.25) is 20.8 Å². The van der Waals surface area contributed by atoms with Crippen molar-refractivity contribution < 1.29 is 9.72 Å². The van der Waals surface area contributed by atoms with Gasteiger partial charge in [-0.2, -0.15) is 0 Å². The van der Waals surface area contributed by atoms with Crippen LogP contribution in [-0.2, 0) is 0 Å². The van der Waals surface area contributed by atoms with Gasteiger partial charge in [-0.15, -0.1) is 0 Å². The molecule has 1 aromatic carbocycles. The van der Waals surface area contributed by atoms with Gasteiger partial charge in [-0.25, -0.2) is 4.79 Å². The third-order valence-electron chi connectivity index (χ3n) is 2.07. The molecule has 0 unspecified atom stereocenters. The molecule has 0 aliphatic carbocycles. The van der Waals surface area contributed by atoms with E-state index in [1.165, 1.54) is 24.3 Å². The van der Waals surface area contributed by atoms with Crippen LogP contribution in [0.15, 0.2) is 24.3 Å². The van der Waals surface area contributed by atoms with Crippen molar-refractivity contribution >= 4 is 23.4 Å². The number of nitro benzene ring substituents is 1. The number of anilines is 1. The van der Waals surface area contributed by atoms with Crippen LogP contribution in [0.4, 0.5) is 16.2 Å². The van der Waals surface area contributed by atoms with E-state index in [1.54, 1.807) is 0 Å². The first-order chi connectivity index (χ1) is 9.17. The molecule has 0 bridgehead atoms. The molecule has 2 amide bonds. The van der Waals surface area contributed by atoms with Crippen molar-refractivity contribution in [1.29, 1.82) is 5.41 Å². The molecule has 4 N–H and O–H groups in total. The van der Waals surface area contributed by atoms with Crippen LogP contribution in [0.5, 0.6) is 0 Å². The van der Waals surface area contributed by atoms with Gasteiger partial charge in [-0.1, -0.05) is 0 Å². The predicted molar refractivity (Wildman–Crippen MR) is 75.9 cm³/mol. The van der Waals surface area contributed by atoms with Gasteiger partial charge in [0.25, 0.3) is 5.69 Å². The Morgan fingerprint density at radius 3 is 2.25 bits per heavy atom. The Bertz CT molecular complexity index is 519. The van der Waals surface area contributed by atoms with E-state index in [0.717, 1.165) is 0 Å². The van der Waals surface area contributed by atoms with Gasteiger partial charge in [0.15, 0.2) is 0 Å². The van der Waals surface area contributed by atoms with Crippen LogP contribution in [0, 0.1) is 15.5 Å². The predicted octanol–water partition coefficient (Wildman–Crippen LogP) is 2.04. The van der Waals surface area contributed by atoms with Gasteiger partial charge >= 0.3 is 6.03 Å². The van der Waals surface area contributed by atoms with E-state index in [2.05, 4.69) is 16.0 Å². The third-order valence-corrected chi connectivity index (χ3v) is 2.07. The van der Waals surface area contributed by atoms with E-state index in [0.29, 0.717) is 5.69 Å². The summed E-state index contributed by atoms with van der Waals surface area (Å²) in [6.45, 7) is 5.46. The molecular weight excluding hydrogens is 262 g/mol. The zero-order valence-corrected chi connectivity index (χ0v) is 11.5. The first-order valence-electron chi connectivity index (χ1n) is 5.86. The number of nitro groups is 1. The summed E-state index contributed by atoms with van der Waals surface area (Å²) in [5, 5.41) is 25.6. The molecule has 1 aromatic rings. The highest BCUT2D eigenvalue weighted by Gasteiger charge is 2.14. The maximum Gasteiger partial charge on any atom is 0.321 e. The second-order valence-corrected chi connectivity index (χ2v) is 5.13. The van der Waals surface area contributed by atoms with Crippen molar-refractivity contribution in [3.63, 3.8) is 0 Å². The first-order valence-corrected chi connectivity index (χ1v) is 5.86.